The zero-order chi connectivity index (χ0) is 13.9. The second-order valence-corrected chi connectivity index (χ2v) is 5.32. The van der Waals surface area contributed by atoms with Gasteiger partial charge in [0.15, 0.2) is 0 Å². The monoisotopic (exact) mass is 286 g/mol. The van der Waals surface area contributed by atoms with E-state index in [0.29, 0.717) is 18.8 Å². The maximum atomic E-state index is 12.1. The van der Waals surface area contributed by atoms with Crippen LogP contribution in [0.4, 0.5) is 0 Å². The Bertz CT molecular complexity index is 731. The average molecular weight is 286 g/mol. The smallest absolute Gasteiger partial charge is 0.355 e. The van der Waals surface area contributed by atoms with E-state index >= 15 is 0 Å². The van der Waals surface area contributed by atoms with Gasteiger partial charge >= 0.3 is 5.97 Å². The Kier molecular flexibility index (Phi) is 3.52. The van der Waals surface area contributed by atoms with E-state index in [-0.39, 0.29) is 5.97 Å². The molecular weight excluding hydrogens is 272 g/mol. The Morgan fingerprint density at radius 1 is 1.45 bits per heavy atom. The van der Waals surface area contributed by atoms with Crippen molar-refractivity contribution in [2.45, 2.75) is 13.5 Å². The van der Waals surface area contributed by atoms with Crippen LogP contribution in [0.25, 0.3) is 10.2 Å². The van der Waals surface area contributed by atoms with Gasteiger partial charge in [-0.3, -0.25) is 4.98 Å². The summed E-state index contributed by atoms with van der Waals surface area (Å²) in [5.74, 6) is -0.278. The highest BCUT2D eigenvalue weighted by Crippen LogP contribution is 2.26. The first-order valence-electron chi connectivity index (χ1n) is 6.42. The summed E-state index contributed by atoms with van der Waals surface area (Å²) in [4.78, 5) is 16.2. The predicted molar refractivity (Wildman–Crippen MR) is 79.1 cm³/mol. The van der Waals surface area contributed by atoms with E-state index in [1.54, 1.807) is 17.5 Å². The second kappa shape index (κ2) is 5.46. The Balaban J connectivity index is 2.04. The van der Waals surface area contributed by atoms with Gasteiger partial charge in [-0.25, -0.2) is 4.79 Å². The van der Waals surface area contributed by atoms with Crippen LogP contribution in [0, 0.1) is 0 Å². The third-order valence-electron chi connectivity index (χ3n) is 3.07. The highest BCUT2D eigenvalue weighted by atomic mass is 32.1. The molecule has 0 amide bonds. The van der Waals surface area contributed by atoms with Crippen LogP contribution in [-0.4, -0.2) is 22.1 Å². The van der Waals surface area contributed by atoms with Gasteiger partial charge in [0.2, 0.25) is 0 Å². The summed E-state index contributed by atoms with van der Waals surface area (Å²) < 4.78 is 8.22. The van der Waals surface area contributed by atoms with Gasteiger partial charge in [-0.2, -0.15) is 0 Å². The molecule has 4 nitrogen and oxygen atoms in total. The third kappa shape index (κ3) is 2.32. The van der Waals surface area contributed by atoms with E-state index in [0.717, 1.165) is 15.8 Å². The number of pyridine rings is 1. The molecule has 20 heavy (non-hydrogen) atoms. The van der Waals surface area contributed by atoms with Crippen molar-refractivity contribution in [3.63, 3.8) is 0 Å². The molecular formula is C15H14N2O2S. The van der Waals surface area contributed by atoms with E-state index in [1.807, 2.05) is 47.3 Å². The Morgan fingerprint density at radius 3 is 3.10 bits per heavy atom. The fraction of sp³-hybridized carbons (Fsp3) is 0.200. The van der Waals surface area contributed by atoms with Crippen molar-refractivity contribution in [2.24, 2.45) is 0 Å². The fourth-order valence-corrected chi connectivity index (χ4v) is 3.02. The minimum absolute atomic E-state index is 0.278. The molecule has 0 saturated heterocycles. The van der Waals surface area contributed by atoms with Gasteiger partial charge in [0.1, 0.15) is 5.69 Å². The summed E-state index contributed by atoms with van der Waals surface area (Å²) in [7, 11) is 0. The van der Waals surface area contributed by atoms with Gasteiger partial charge in [0.25, 0.3) is 0 Å². The van der Waals surface area contributed by atoms with Crippen LogP contribution in [-0.2, 0) is 11.3 Å². The molecule has 0 radical (unpaired) electrons. The molecule has 0 N–H and O–H groups in total. The number of aromatic nitrogens is 2. The number of ether oxygens (including phenoxy) is 1. The summed E-state index contributed by atoms with van der Waals surface area (Å²) in [6, 6.07) is 7.82. The first kappa shape index (κ1) is 12.9. The lowest BCUT2D eigenvalue weighted by atomic mass is 10.3. The Morgan fingerprint density at radius 2 is 2.35 bits per heavy atom. The molecule has 0 bridgehead atoms. The highest BCUT2D eigenvalue weighted by Gasteiger charge is 2.17. The molecule has 0 atom stereocenters. The lowest BCUT2D eigenvalue weighted by Crippen LogP contribution is -2.12. The summed E-state index contributed by atoms with van der Waals surface area (Å²) in [6.07, 6.45) is 3.55. The second-order valence-electron chi connectivity index (χ2n) is 4.37. The lowest BCUT2D eigenvalue weighted by molar-refractivity contribution is 0.0515. The molecule has 3 rings (SSSR count). The Hall–Kier alpha value is -2.14. The van der Waals surface area contributed by atoms with Crippen LogP contribution in [0.3, 0.4) is 0 Å². The van der Waals surface area contributed by atoms with Gasteiger partial charge in [-0.15, -0.1) is 11.3 Å². The maximum absolute atomic E-state index is 12.1. The van der Waals surface area contributed by atoms with Crippen molar-refractivity contribution in [3.05, 3.63) is 53.3 Å². The van der Waals surface area contributed by atoms with Crippen molar-refractivity contribution < 1.29 is 9.53 Å². The number of carbonyl (C=O) groups is 1. The lowest BCUT2D eigenvalue weighted by Gasteiger charge is -2.09. The van der Waals surface area contributed by atoms with Gasteiger partial charge in [-0.1, -0.05) is 6.07 Å². The quantitative estimate of drug-likeness (QED) is 0.691. The number of fused-ring (bicyclic) bond motifs is 1. The predicted octanol–water partition coefficient (Wildman–Crippen LogP) is 3.32. The number of nitrogens with zero attached hydrogens (tertiary/aromatic N) is 2. The number of thiophene rings is 1. The molecule has 3 aromatic rings. The molecule has 102 valence electrons. The van der Waals surface area contributed by atoms with Crippen molar-refractivity contribution in [3.8, 4) is 0 Å². The topological polar surface area (TPSA) is 44.1 Å². The van der Waals surface area contributed by atoms with Crippen LogP contribution in [0.15, 0.2) is 42.0 Å². The molecule has 0 spiro atoms. The normalized spacial score (nSPS) is 10.8. The van der Waals surface area contributed by atoms with Crippen molar-refractivity contribution in [1.29, 1.82) is 0 Å². The maximum Gasteiger partial charge on any atom is 0.355 e. The zero-order valence-electron chi connectivity index (χ0n) is 11.1. The number of esters is 1. The van der Waals surface area contributed by atoms with Gasteiger partial charge in [0, 0.05) is 18.9 Å². The fourth-order valence-electron chi connectivity index (χ4n) is 2.20. The van der Waals surface area contributed by atoms with Crippen LogP contribution in [0.2, 0.25) is 0 Å². The summed E-state index contributed by atoms with van der Waals surface area (Å²) >= 11 is 1.62. The molecule has 0 fully saturated rings. The van der Waals surface area contributed by atoms with Gasteiger partial charge in [-0.05, 0) is 36.1 Å². The van der Waals surface area contributed by atoms with E-state index < -0.39 is 0 Å². The van der Waals surface area contributed by atoms with Crippen molar-refractivity contribution in [2.75, 3.05) is 6.61 Å². The molecule has 3 heterocycles. The molecule has 0 unspecified atom stereocenters. The number of carbonyl (C=O) groups excluding carboxylic acids is 1. The average Bonchev–Trinajstić information content (AvgIpc) is 3.03. The van der Waals surface area contributed by atoms with E-state index in [2.05, 4.69) is 4.98 Å². The number of hydrogen-bond donors (Lipinski definition) is 0. The first-order chi connectivity index (χ1) is 9.79. The van der Waals surface area contributed by atoms with Crippen LogP contribution in [0.1, 0.15) is 23.0 Å². The van der Waals surface area contributed by atoms with Crippen molar-refractivity contribution in [1.82, 2.24) is 9.55 Å². The molecule has 0 aliphatic rings. The largest absolute Gasteiger partial charge is 0.461 e. The minimum Gasteiger partial charge on any atom is -0.461 e. The van der Waals surface area contributed by atoms with E-state index in [4.69, 9.17) is 4.74 Å². The molecule has 5 heteroatoms. The van der Waals surface area contributed by atoms with E-state index in [1.165, 1.54) is 0 Å². The van der Waals surface area contributed by atoms with Crippen LogP contribution >= 0.6 is 11.3 Å². The molecule has 0 aliphatic heterocycles. The SMILES string of the molecule is CCOC(=O)c1cc2sccc2n1Cc1cccnc1. The van der Waals surface area contributed by atoms with Crippen LogP contribution < -0.4 is 0 Å². The summed E-state index contributed by atoms with van der Waals surface area (Å²) in [6.45, 7) is 2.81. The Labute approximate surface area is 120 Å². The first-order valence-corrected chi connectivity index (χ1v) is 7.30. The number of rotatable bonds is 4. The number of hydrogen-bond acceptors (Lipinski definition) is 4. The minimum atomic E-state index is -0.278. The summed E-state index contributed by atoms with van der Waals surface area (Å²) in [5, 5.41) is 2.03. The molecule has 0 aromatic carbocycles. The molecule has 3 aromatic heterocycles. The molecule has 0 saturated carbocycles. The third-order valence-corrected chi connectivity index (χ3v) is 3.92. The van der Waals surface area contributed by atoms with Crippen LogP contribution in [0.5, 0.6) is 0 Å². The van der Waals surface area contributed by atoms with E-state index in [9.17, 15) is 4.79 Å². The summed E-state index contributed by atoms with van der Waals surface area (Å²) in [5.41, 5.74) is 2.71. The van der Waals surface area contributed by atoms with Gasteiger partial charge < -0.3 is 9.30 Å². The highest BCUT2D eigenvalue weighted by molar-refractivity contribution is 7.17. The van der Waals surface area contributed by atoms with Gasteiger partial charge in [0.05, 0.1) is 16.8 Å². The molecule has 0 aliphatic carbocycles. The standard InChI is InChI=1S/C15H14N2O2S/c1-2-19-15(18)13-8-14-12(5-7-20-14)17(13)10-11-4-3-6-16-9-11/h3-9H,2,10H2,1H3. The zero-order valence-corrected chi connectivity index (χ0v) is 11.9. The van der Waals surface area contributed by atoms with Crippen molar-refractivity contribution >= 4 is 27.5 Å².